The highest BCUT2D eigenvalue weighted by Crippen LogP contribution is 2.33. The molecule has 0 unspecified atom stereocenters. The molecule has 1 fully saturated rings. The molecule has 0 spiro atoms. The first kappa shape index (κ1) is 19.1. The molecule has 1 aromatic heterocycles. The summed E-state index contributed by atoms with van der Waals surface area (Å²) in [5.74, 6) is 1.35. The van der Waals surface area contributed by atoms with Crippen LogP contribution < -0.4 is 10.1 Å². The van der Waals surface area contributed by atoms with Gasteiger partial charge in [-0.05, 0) is 51.0 Å². The number of amides is 2. The Morgan fingerprint density at radius 2 is 1.83 bits per heavy atom. The summed E-state index contributed by atoms with van der Waals surface area (Å²) in [6.07, 6.45) is 2.07. The van der Waals surface area contributed by atoms with E-state index in [9.17, 15) is 4.79 Å². The smallest absolute Gasteiger partial charge is 0.322 e. The van der Waals surface area contributed by atoms with Gasteiger partial charge in [0.05, 0.1) is 17.9 Å². The van der Waals surface area contributed by atoms with Gasteiger partial charge in [0, 0.05) is 24.3 Å². The number of para-hydroxylation sites is 3. The van der Waals surface area contributed by atoms with E-state index in [0.29, 0.717) is 18.0 Å². The Morgan fingerprint density at radius 3 is 2.48 bits per heavy atom. The Balaban J connectivity index is 1.53. The van der Waals surface area contributed by atoms with Crippen LogP contribution >= 0.6 is 0 Å². The minimum absolute atomic E-state index is 0.112. The Labute approximate surface area is 171 Å². The van der Waals surface area contributed by atoms with Crippen molar-refractivity contribution in [2.75, 3.05) is 5.32 Å². The molecule has 0 atom stereocenters. The number of nitrogens with one attached hydrogen (secondary N) is 1. The third-order valence-corrected chi connectivity index (χ3v) is 5.34. The maximum absolute atomic E-state index is 13.2. The summed E-state index contributed by atoms with van der Waals surface area (Å²) < 4.78 is 7.85. The molecular weight excluding hydrogens is 364 g/mol. The number of anilines is 1. The summed E-state index contributed by atoms with van der Waals surface area (Å²) in [7, 11) is 1.94. The second-order valence-corrected chi connectivity index (χ2v) is 7.47. The van der Waals surface area contributed by atoms with E-state index in [1.807, 2.05) is 85.1 Å². The molecule has 0 radical (unpaired) electrons. The first-order chi connectivity index (χ1) is 14.0. The van der Waals surface area contributed by atoms with E-state index in [-0.39, 0.29) is 12.1 Å². The van der Waals surface area contributed by atoms with Gasteiger partial charge < -0.3 is 15.0 Å². The number of hydrogen-bond acceptors (Lipinski definition) is 3. The van der Waals surface area contributed by atoms with Crippen LogP contribution in [0, 0.1) is 13.8 Å². The van der Waals surface area contributed by atoms with Crippen molar-refractivity contribution in [2.24, 2.45) is 7.05 Å². The summed E-state index contributed by atoms with van der Waals surface area (Å²) in [4.78, 5) is 15.1. The lowest BCUT2D eigenvalue weighted by Crippen LogP contribution is -2.36. The van der Waals surface area contributed by atoms with Crippen molar-refractivity contribution in [3.63, 3.8) is 0 Å². The Kier molecular flexibility index (Phi) is 5.25. The van der Waals surface area contributed by atoms with Crippen LogP contribution in [-0.4, -0.2) is 26.8 Å². The number of benzene rings is 2. The second-order valence-electron chi connectivity index (χ2n) is 7.47. The normalized spacial score (nSPS) is 13.2. The second kappa shape index (κ2) is 7.99. The van der Waals surface area contributed by atoms with Crippen LogP contribution in [0.15, 0.2) is 54.6 Å². The molecule has 0 aliphatic heterocycles. The third-order valence-electron chi connectivity index (χ3n) is 5.34. The fourth-order valence-corrected chi connectivity index (χ4v) is 3.43. The number of nitrogens with zero attached hydrogens (tertiary/aromatic N) is 3. The molecule has 0 saturated heterocycles. The zero-order valence-corrected chi connectivity index (χ0v) is 17.1. The van der Waals surface area contributed by atoms with E-state index in [1.54, 1.807) is 0 Å². The van der Waals surface area contributed by atoms with E-state index in [0.717, 1.165) is 35.5 Å². The van der Waals surface area contributed by atoms with E-state index >= 15 is 0 Å². The molecule has 1 aliphatic carbocycles. The number of carbonyl (C=O) groups is 1. The molecule has 1 aliphatic rings. The lowest BCUT2D eigenvalue weighted by molar-refractivity contribution is 0.206. The van der Waals surface area contributed by atoms with Gasteiger partial charge in [-0.15, -0.1) is 0 Å². The number of aryl methyl sites for hydroxylation is 2. The highest BCUT2D eigenvalue weighted by Gasteiger charge is 2.34. The van der Waals surface area contributed by atoms with E-state index in [2.05, 4.69) is 10.4 Å². The fraction of sp³-hybridized carbons (Fsp3) is 0.304. The zero-order chi connectivity index (χ0) is 20.4. The minimum atomic E-state index is -0.112. The van der Waals surface area contributed by atoms with Crippen molar-refractivity contribution in [2.45, 2.75) is 39.3 Å². The van der Waals surface area contributed by atoms with Crippen molar-refractivity contribution in [3.8, 4) is 11.5 Å². The molecule has 6 nitrogen and oxygen atoms in total. The molecular formula is C23H26N4O2. The molecule has 29 heavy (non-hydrogen) atoms. The maximum atomic E-state index is 13.2. The minimum Gasteiger partial charge on any atom is -0.455 e. The van der Waals surface area contributed by atoms with Gasteiger partial charge in [-0.1, -0.05) is 30.3 Å². The molecule has 3 aromatic rings. The largest absolute Gasteiger partial charge is 0.455 e. The molecule has 2 amide bonds. The number of urea groups is 1. The van der Waals surface area contributed by atoms with Crippen LogP contribution in [0.1, 0.15) is 29.8 Å². The highest BCUT2D eigenvalue weighted by molar-refractivity contribution is 5.91. The van der Waals surface area contributed by atoms with Crippen LogP contribution in [0.4, 0.5) is 10.5 Å². The third kappa shape index (κ3) is 4.26. The number of aromatic nitrogens is 2. The van der Waals surface area contributed by atoms with Crippen molar-refractivity contribution in [3.05, 3.63) is 71.5 Å². The molecule has 1 heterocycles. The Bertz CT molecular complexity index is 1010. The van der Waals surface area contributed by atoms with Gasteiger partial charge in [0.25, 0.3) is 0 Å². The summed E-state index contributed by atoms with van der Waals surface area (Å²) in [5, 5.41) is 7.54. The van der Waals surface area contributed by atoms with Crippen LogP contribution in [0.5, 0.6) is 11.5 Å². The summed E-state index contributed by atoms with van der Waals surface area (Å²) in [6.45, 7) is 4.60. The molecule has 0 bridgehead atoms. The molecule has 1 N–H and O–H groups in total. The van der Waals surface area contributed by atoms with E-state index in [4.69, 9.17) is 4.74 Å². The maximum Gasteiger partial charge on any atom is 0.322 e. The van der Waals surface area contributed by atoms with E-state index < -0.39 is 0 Å². The first-order valence-electron chi connectivity index (χ1n) is 9.91. The standard InChI is InChI=1S/C23H26N4O2/c1-16-20(17(2)26(3)25-16)15-27(18-13-14-18)23(28)24-21-11-7-8-12-22(21)29-19-9-5-4-6-10-19/h4-12,18H,13-15H2,1-3H3,(H,24,28). The van der Waals surface area contributed by atoms with Crippen molar-refractivity contribution in [1.82, 2.24) is 14.7 Å². The molecule has 2 aromatic carbocycles. The van der Waals surface area contributed by atoms with Gasteiger partial charge in [0.1, 0.15) is 5.75 Å². The van der Waals surface area contributed by atoms with Gasteiger partial charge >= 0.3 is 6.03 Å². The highest BCUT2D eigenvalue weighted by atomic mass is 16.5. The zero-order valence-electron chi connectivity index (χ0n) is 17.1. The number of ether oxygens (including phenoxy) is 1. The Morgan fingerprint density at radius 1 is 1.14 bits per heavy atom. The predicted octanol–water partition coefficient (Wildman–Crippen LogP) is 5.03. The average molecular weight is 390 g/mol. The van der Waals surface area contributed by atoms with Crippen molar-refractivity contribution >= 4 is 11.7 Å². The number of carbonyl (C=O) groups excluding carboxylic acids is 1. The monoisotopic (exact) mass is 390 g/mol. The summed E-state index contributed by atoms with van der Waals surface area (Å²) in [6, 6.07) is 17.2. The van der Waals surface area contributed by atoms with Crippen molar-refractivity contribution in [1.29, 1.82) is 0 Å². The quantitative estimate of drug-likeness (QED) is 0.642. The van der Waals surface area contributed by atoms with E-state index in [1.165, 1.54) is 0 Å². The number of rotatable bonds is 6. The van der Waals surface area contributed by atoms with Crippen LogP contribution in [0.2, 0.25) is 0 Å². The van der Waals surface area contributed by atoms with Gasteiger partial charge in [0.2, 0.25) is 0 Å². The van der Waals surface area contributed by atoms with Gasteiger partial charge in [-0.3, -0.25) is 4.68 Å². The lowest BCUT2D eigenvalue weighted by Gasteiger charge is -2.24. The van der Waals surface area contributed by atoms with Crippen LogP contribution in [0.25, 0.3) is 0 Å². The number of hydrogen-bond donors (Lipinski definition) is 1. The van der Waals surface area contributed by atoms with Gasteiger partial charge in [0.15, 0.2) is 5.75 Å². The lowest BCUT2D eigenvalue weighted by atomic mass is 10.2. The van der Waals surface area contributed by atoms with Crippen LogP contribution in [0.3, 0.4) is 0 Å². The molecule has 6 heteroatoms. The topological polar surface area (TPSA) is 59.4 Å². The SMILES string of the molecule is Cc1nn(C)c(C)c1CN(C(=O)Nc1ccccc1Oc1ccccc1)C1CC1. The molecule has 150 valence electrons. The first-order valence-corrected chi connectivity index (χ1v) is 9.91. The van der Waals surface area contributed by atoms with Crippen molar-refractivity contribution < 1.29 is 9.53 Å². The summed E-state index contributed by atoms with van der Waals surface area (Å²) in [5.41, 5.74) is 3.83. The van der Waals surface area contributed by atoms with Crippen LogP contribution in [-0.2, 0) is 13.6 Å². The van der Waals surface area contributed by atoms with Gasteiger partial charge in [-0.25, -0.2) is 4.79 Å². The molecule has 4 rings (SSSR count). The van der Waals surface area contributed by atoms with Gasteiger partial charge in [-0.2, -0.15) is 5.10 Å². The predicted molar refractivity (Wildman–Crippen MR) is 113 cm³/mol. The fourth-order valence-electron chi connectivity index (χ4n) is 3.43. The average Bonchev–Trinajstić information content (AvgIpc) is 3.51. The Hall–Kier alpha value is -3.28. The molecule has 1 saturated carbocycles. The summed E-state index contributed by atoms with van der Waals surface area (Å²) >= 11 is 0.